The Hall–Kier alpha value is -2.62. The maximum absolute atomic E-state index is 12.1. The topological polar surface area (TPSA) is 55.0 Å². The number of aromatic nitrogens is 2. The number of carbonyl (C=O) groups excluding carboxylic acids is 1. The lowest BCUT2D eigenvalue weighted by atomic mass is 10.1. The van der Waals surface area contributed by atoms with Crippen molar-refractivity contribution in [3.8, 4) is 0 Å². The molecule has 0 unspecified atom stereocenters. The molecule has 112 valence electrons. The van der Waals surface area contributed by atoms with Crippen LogP contribution in [-0.2, 0) is 17.8 Å². The molecular weight excluding hydrogens is 276 g/mol. The van der Waals surface area contributed by atoms with Gasteiger partial charge in [0.2, 0.25) is 0 Å². The summed E-state index contributed by atoms with van der Waals surface area (Å²) >= 11 is 0. The van der Waals surface area contributed by atoms with Gasteiger partial charge in [-0.05, 0) is 28.8 Å². The number of aryl methyl sites for hydroxylation is 1. The van der Waals surface area contributed by atoms with Gasteiger partial charge in [-0.25, -0.2) is 4.79 Å². The molecule has 0 bridgehead atoms. The van der Waals surface area contributed by atoms with E-state index in [0.717, 1.165) is 34.9 Å². The average Bonchev–Trinajstić information content (AvgIpc) is 3.02. The second-order valence-electron chi connectivity index (χ2n) is 5.24. The molecule has 1 N–H and O–H groups in total. The van der Waals surface area contributed by atoms with Crippen LogP contribution in [0.25, 0.3) is 10.8 Å². The summed E-state index contributed by atoms with van der Waals surface area (Å²) in [6, 6.07) is 15.8. The van der Waals surface area contributed by atoms with Gasteiger partial charge in [0.05, 0.1) is 0 Å². The van der Waals surface area contributed by atoms with Gasteiger partial charge in [0.15, 0.2) is 5.69 Å². The molecule has 0 spiro atoms. The van der Waals surface area contributed by atoms with Crippen molar-refractivity contribution in [3.63, 3.8) is 0 Å². The van der Waals surface area contributed by atoms with Crippen molar-refractivity contribution in [2.75, 3.05) is 0 Å². The van der Waals surface area contributed by atoms with Gasteiger partial charge in [0, 0.05) is 5.69 Å². The van der Waals surface area contributed by atoms with Crippen LogP contribution < -0.4 is 0 Å². The molecule has 3 rings (SSSR count). The Balaban J connectivity index is 1.72. The first kappa shape index (κ1) is 14.3. The number of nitrogens with one attached hydrogen (secondary N) is 1. The Kier molecular flexibility index (Phi) is 4.19. The molecule has 0 amide bonds. The van der Waals surface area contributed by atoms with Gasteiger partial charge in [0.25, 0.3) is 0 Å². The largest absolute Gasteiger partial charge is 0.456 e. The van der Waals surface area contributed by atoms with Crippen LogP contribution in [0.2, 0.25) is 0 Å². The number of benzene rings is 2. The number of hydrogen-bond donors (Lipinski definition) is 1. The maximum Gasteiger partial charge on any atom is 0.359 e. The number of aromatic amines is 1. The number of fused-ring (bicyclic) bond motifs is 1. The van der Waals surface area contributed by atoms with Crippen LogP contribution >= 0.6 is 0 Å². The lowest BCUT2D eigenvalue weighted by molar-refractivity contribution is 0.0467. The molecular formula is C18H18N2O2. The summed E-state index contributed by atoms with van der Waals surface area (Å²) in [6.45, 7) is 2.33. The van der Waals surface area contributed by atoms with Crippen LogP contribution in [0.3, 0.4) is 0 Å². The molecule has 4 heteroatoms. The zero-order chi connectivity index (χ0) is 15.4. The molecule has 0 aliphatic heterocycles. The zero-order valence-corrected chi connectivity index (χ0v) is 12.5. The van der Waals surface area contributed by atoms with Crippen LogP contribution in [0.1, 0.15) is 35.1 Å². The summed E-state index contributed by atoms with van der Waals surface area (Å²) in [4.78, 5) is 12.1. The summed E-state index contributed by atoms with van der Waals surface area (Å²) in [5.74, 6) is -0.397. The van der Waals surface area contributed by atoms with E-state index in [2.05, 4.69) is 17.1 Å². The fourth-order valence-corrected chi connectivity index (χ4v) is 2.50. The van der Waals surface area contributed by atoms with E-state index < -0.39 is 5.97 Å². The van der Waals surface area contributed by atoms with E-state index >= 15 is 0 Å². The number of hydrogen-bond acceptors (Lipinski definition) is 3. The normalized spacial score (nSPS) is 10.8. The molecule has 1 aromatic heterocycles. The molecule has 0 atom stereocenters. The maximum atomic E-state index is 12.1. The van der Waals surface area contributed by atoms with Gasteiger partial charge < -0.3 is 4.74 Å². The van der Waals surface area contributed by atoms with Crippen LogP contribution in [0, 0.1) is 0 Å². The highest BCUT2D eigenvalue weighted by molar-refractivity contribution is 5.88. The molecule has 0 saturated carbocycles. The van der Waals surface area contributed by atoms with Crippen molar-refractivity contribution in [2.45, 2.75) is 26.4 Å². The van der Waals surface area contributed by atoms with Crippen LogP contribution in [0.5, 0.6) is 0 Å². The second kappa shape index (κ2) is 6.43. The lowest BCUT2D eigenvalue weighted by Gasteiger charge is -2.07. The van der Waals surface area contributed by atoms with E-state index in [1.165, 1.54) is 0 Å². The minimum absolute atomic E-state index is 0.246. The average molecular weight is 294 g/mol. The summed E-state index contributed by atoms with van der Waals surface area (Å²) < 4.78 is 5.39. The van der Waals surface area contributed by atoms with E-state index in [9.17, 15) is 4.79 Å². The van der Waals surface area contributed by atoms with E-state index in [-0.39, 0.29) is 6.61 Å². The Bertz CT molecular complexity index is 787. The van der Waals surface area contributed by atoms with Crippen molar-refractivity contribution in [2.24, 2.45) is 0 Å². The number of nitrogens with zero attached hydrogens (tertiary/aromatic N) is 1. The molecule has 0 fully saturated rings. The summed E-state index contributed by atoms with van der Waals surface area (Å²) in [6.07, 6.45) is 1.89. The highest BCUT2D eigenvalue weighted by Gasteiger charge is 2.12. The minimum Gasteiger partial charge on any atom is -0.456 e. The lowest BCUT2D eigenvalue weighted by Crippen LogP contribution is -2.06. The minimum atomic E-state index is -0.397. The third-order valence-electron chi connectivity index (χ3n) is 3.60. The molecule has 0 radical (unpaired) electrons. The smallest absolute Gasteiger partial charge is 0.359 e. The SMILES string of the molecule is CCCc1cc(C(=O)OCc2cccc3ccccc23)n[nH]1. The van der Waals surface area contributed by atoms with Gasteiger partial charge in [0.1, 0.15) is 6.61 Å². The van der Waals surface area contributed by atoms with Gasteiger partial charge in [-0.2, -0.15) is 5.10 Å². The van der Waals surface area contributed by atoms with Crippen molar-refractivity contribution in [1.29, 1.82) is 0 Å². The Morgan fingerprint density at radius 2 is 2.00 bits per heavy atom. The fourth-order valence-electron chi connectivity index (χ4n) is 2.50. The molecule has 3 aromatic rings. The standard InChI is InChI=1S/C18H18N2O2/c1-2-6-15-11-17(20-19-15)18(21)22-12-14-9-5-8-13-7-3-4-10-16(13)14/h3-5,7-11H,2,6,12H2,1H3,(H,19,20). The molecule has 1 heterocycles. The first-order valence-electron chi connectivity index (χ1n) is 7.46. The summed E-state index contributed by atoms with van der Waals surface area (Å²) in [7, 11) is 0. The van der Waals surface area contributed by atoms with Crippen molar-refractivity contribution < 1.29 is 9.53 Å². The third-order valence-corrected chi connectivity index (χ3v) is 3.60. The van der Waals surface area contributed by atoms with Crippen molar-refractivity contribution in [1.82, 2.24) is 10.2 Å². The quantitative estimate of drug-likeness (QED) is 0.727. The second-order valence-corrected chi connectivity index (χ2v) is 5.24. The van der Waals surface area contributed by atoms with Crippen LogP contribution in [0.15, 0.2) is 48.5 Å². The summed E-state index contributed by atoms with van der Waals surface area (Å²) in [5.41, 5.74) is 2.29. The molecule has 0 aliphatic carbocycles. The first-order chi connectivity index (χ1) is 10.8. The molecule has 22 heavy (non-hydrogen) atoms. The van der Waals surface area contributed by atoms with Gasteiger partial charge in [-0.3, -0.25) is 5.10 Å². The van der Waals surface area contributed by atoms with Gasteiger partial charge in [-0.1, -0.05) is 55.8 Å². The third kappa shape index (κ3) is 3.01. The van der Waals surface area contributed by atoms with Gasteiger partial charge >= 0.3 is 5.97 Å². The van der Waals surface area contributed by atoms with Crippen LogP contribution in [0.4, 0.5) is 0 Å². The predicted molar refractivity (Wildman–Crippen MR) is 85.7 cm³/mol. The van der Waals surface area contributed by atoms with E-state index in [1.807, 2.05) is 42.5 Å². The monoisotopic (exact) mass is 294 g/mol. The first-order valence-corrected chi connectivity index (χ1v) is 7.46. The summed E-state index contributed by atoms with van der Waals surface area (Å²) in [5, 5.41) is 9.12. The van der Waals surface area contributed by atoms with Crippen LogP contribution in [-0.4, -0.2) is 16.2 Å². The highest BCUT2D eigenvalue weighted by atomic mass is 16.5. The van der Waals surface area contributed by atoms with E-state index in [1.54, 1.807) is 6.07 Å². The number of carbonyl (C=O) groups is 1. The Labute approximate surface area is 129 Å². The molecule has 4 nitrogen and oxygen atoms in total. The highest BCUT2D eigenvalue weighted by Crippen LogP contribution is 2.19. The van der Waals surface area contributed by atoms with Crippen molar-refractivity contribution in [3.05, 3.63) is 65.5 Å². The number of H-pyrrole nitrogens is 1. The van der Waals surface area contributed by atoms with E-state index in [0.29, 0.717) is 5.69 Å². The number of esters is 1. The van der Waals surface area contributed by atoms with Gasteiger partial charge in [-0.15, -0.1) is 0 Å². The number of rotatable bonds is 5. The number of ether oxygens (including phenoxy) is 1. The Morgan fingerprint density at radius 3 is 2.86 bits per heavy atom. The molecule has 0 aliphatic rings. The Morgan fingerprint density at radius 1 is 1.18 bits per heavy atom. The van der Waals surface area contributed by atoms with Crippen molar-refractivity contribution >= 4 is 16.7 Å². The molecule has 0 saturated heterocycles. The van der Waals surface area contributed by atoms with E-state index in [4.69, 9.17) is 4.74 Å². The zero-order valence-electron chi connectivity index (χ0n) is 12.5. The predicted octanol–water partition coefficient (Wildman–Crippen LogP) is 3.87. The molecule has 2 aromatic carbocycles. The fraction of sp³-hybridized carbons (Fsp3) is 0.222.